The summed E-state index contributed by atoms with van der Waals surface area (Å²) in [5.74, 6) is -0.710. The van der Waals surface area contributed by atoms with Crippen molar-refractivity contribution in [2.24, 2.45) is 0 Å². The standard InChI is InChI=1S/C11H13BrFNO2S/c1-2-14(9-4-5-9)17(15,16)11-6-3-8(12)7-10(11)13/h3,6-7,9H,2,4-5H2,1H3. The van der Waals surface area contributed by atoms with Gasteiger partial charge in [-0.05, 0) is 31.0 Å². The third-order valence-electron chi connectivity index (χ3n) is 2.75. The first kappa shape index (κ1) is 13.0. The van der Waals surface area contributed by atoms with Gasteiger partial charge in [-0.2, -0.15) is 4.31 Å². The topological polar surface area (TPSA) is 37.4 Å². The third kappa shape index (κ3) is 2.53. The van der Waals surface area contributed by atoms with Crippen LogP contribution in [0, 0.1) is 5.82 Å². The Kier molecular flexibility index (Phi) is 3.56. The number of hydrogen-bond acceptors (Lipinski definition) is 2. The summed E-state index contributed by atoms with van der Waals surface area (Å²) >= 11 is 3.11. The predicted molar refractivity (Wildman–Crippen MR) is 66.7 cm³/mol. The summed E-state index contributed by atoms with van der Waals surface area (Å²) < 4.78 is 40.1. The molecule has 6 heteroatoms. The number of benzene rings is 1. The van der Waals surface area contributed by atoms with E-state index in [0.717, 1.165) is 12.8 Å². The molecule has 17 heavy (non-hydrogen) atoms. The molecule has 0 bridgehead atoms. The van der Waals surface area contributed by atoms with Crippen LogP contribution in [0.1, 0.15) is 19.8 Å². The van der Waals surface area contributed by atoms with Crippen molar-refractivity contribution in [1.29, 1.82) is 0 Å². The molecule has 1 fully saturated rings. The first-order valence-corrected chi connectivity index (χ1v) is 7.67. The zero-order valence-electron chi connectivity index (χ0n) is 9.36. The van der Waals surface area contributed by atoms with Crippen LogP contribution >= 0.6 is 15.9 Å². The van der Waals surface area contributed by atoms with E-state index < -0.39 is 15.8 Å². The van der Waals surface area contributed by atoms with Crippen LogP contribution in [-0.4, -0.2) is 25.3 Å². The van der Waals surface area contributed by atoms with E-state index in [-0.39, 0.29) is 10.9 Å². The lowest BCUT2D eigenvalue weighted by atomic mass is 10.3. The molecule has 3 nitrogen and oxygen atoms in total. The normalized spacial score (nSPS) is 16.5. The van der Waals surface area contributed by atoms with Crippen molar-refractivity contribution in [1.82, 2.24) is 4.31 Å². The van der Waals surface area contributed by atoms with Gasteiger partial charge >= 0.3 is 0 Å². The van der Waals surface area contributed by atoms with Gasteiger partial charge < -0.3 is 0 Å². The summed E-state index contributed by atoms with van der Waals surface area (Å²) in [7, 11) is -3.70. The van der Waals surface area contributed by atoms with E-state index in [1.807, 2.05) is 0 Å². The van der Waals surface area contributed by atoms with Crippen molar-refractivity contribution in [2.75, 3.05) is 6.54 Å². The monoisotopic (exact) mass is 321 g/mol. The van der Waals surface area contributed by atoms with Crippen LogP contribution in [0.25, 0.3) is 0 Å². The lowest BCUT2D eigenvalue weighted by molar-refractivity contribution is 0.417. The summed E-state index contributed by atoms with van der Waals surface area (Å²) in [6.07, 6.45) is 1.73. The number of hydrogen-bond donors (Lipinski definition) is 0. The molecule has 1 aliphatic carbocycles. The second-order valence-electron chi connectivity index (χ2n) is 4.01. The Balaban J connectivity index is 2.43. The van der Waals surface area contributed by atoms with E-state index in [2.05, 4.69) is 15.9 Å². The first-order valence-electron chi connectivity index (χ1n) is 5.43. The molecule has 0 aromatic heterocycles. The van der Waals surface area contributed by atoms with Gasteiger partial charge in [-0.1, -0.05) is 22.9 Å². The molecule has 0 atom stereocenters. The Bertz CT molecular complexity index is 528. The minimum Gasteiger partial charge on any atom is -0.207 e. The Labute approximate surface area is 109 Å². The van der Waals surface area contributed by atoms with E-state index in [9.17, 15) is 12.8 Å². The highest BCUT2D eigenvalue weighted by atomic mass is 79.9. The van der Waals surface area contributed by atoms with Gasteiger partial charge in [-0.15, -0.1) is 0 Å². The number of rotatable bonds is 4. The summed E-state index contributed by atoms with van der Waals surface area (Å²) in [5, 5.41) is 0. The van der Waals surface area contributed by atoms with Crippen LogP contribution in [0.3, 0.4) is 0 Å². The molecule has 0 radical (unpaired) electrons. The highest BCUT2D eigenvalue weighted by Crippen LogP contribution is 2.32. The molecular formula is C11H13BrFNO2S. The van der Waals surface area contributed by atoms with E-state index in [4.69, 9.17) is 0 Å². The quantitative estimate of drug-likeness (QED) is 0.855. The largest absolute Gasteiger partial charge is 0.246 e. The molecule has 0 N–H and O–H groups in total. The van der Waals surface area contributed by atoms with Crippen molar-refractivity contribution in [3.05, 3.63) is 28.5 Å². The van der Waals surface area contributed by atoms with Crippen LogP contribution in [0.5, 0.6) is 0 Å². The van der Waals surface area contributed by atoms with Crippen LogP contribution in [-0.2, 0) is 10.0 Å². The van der Waals surface area contributed by atoms with Crippen LogP contribution in [0.2, 0.25) is 0 Å². The van der Waals surface area contributed by atoms with Gasteiger partial charge in [0.2, 0.25) is 10.0 Å². The SMILES string of the molecule is CCN(C1CC1)S(=O)(=O)c1ccc(Br)cc1F. The lowest BCUT2D eigenvalue weighted by Gasteiger charge is -2.20. The maximum absolute atomic E-state index is 13.7. The average molecular weight is 322 g/mol. The number of sulfonamides is 1. The fourth-order valence-electron chi connectivity index (χ4n) is 1.80. The molecule has 1 aromatic rings. The van der Waals surface area contributed by atoms with Crippen molar-refractivity contribution in [3.63, 3.8) is 0 Å². The number of nitrogens with zero attached hydrogens (tertiary/aromatic N) is 1. The molecule has 0 spiro atoms. The molecule has 0 aliphatic heterocycles. The van der Waals surface area contributed by atoms with Gasteiger partial charge in [0.15, 0.2) is 0 Å². The van der Waals surface area contributed by atoms with Crippen LogP contribution in [0.15, 0.2) is 27.6 Å². The molecule has 0 heterocycles. The van der Waals surface area contributed by atoms with E-state index in [0.29, 0.717) is 11.0 Å². The molecule has 94 valence electrons. The second-order valence-corrected chi connectivity index (χ2v) is 6.79. The Hall–Kier alpha value is -0.460. The van der Waals surface area contributed by atoms with Crippen molar-refractivity contribution >= 4 is 26.0 Å². The zero-order valence-corrected chi connectivity index (χ0v) is 11.8. The maximum Gasteiger partial charge on any atom is 0.246 e. The van der Waals surface area contributed by atoms with Crippen molar-refractivity contribution < 1.29 is 12.8 Å². The van der Waals surface area contributed by atoms with Gasteiger partial charge in [0.25, 0.3) is 0 Å². The molecule has 0 amide bonds. The second kappa shape index (κ2) is 4.66. The van der Waals surface area contributed by atoms with Gasteiger partial charge in [-0.25, -0.2) is 12.8 Å². The maximum atomic E-state index is 13.7. The summed E-state index contributed by atoms with van der Waals surface area (Å²) in [4.78, 5) is -0.241. The molecule has 0 unspecified atom stereocenters. The van der Waals surface area contributed by atoms with E-state index >= 15 is 0 Å². The van der Waals surface area contributed by atoms with Gasteiger partial charge in [0.1, 0.15) is 10.7 Å². The highest BCUT2D eigenvalue weighted by molar-refractivity contribution is 9.10. The smallest absolute Gasteiger partial charge is 0.207 e. The zero-order chi connectivity index (χ0) is 12.6. The van der Waals surface area contributed by atoms with E-state index in [1.165, 1.54) is 22.5 Å². The summed E-state index contributed by atoms with van der Waals surface area (Å²) in [6, 6.07) is 4.07. The third-order valence-corrected chi connectivity index (χ3v) is 5.30. The van der Waals surface area contributed by atoms with E-state index in [1.54, 1.807) is 6.92 Å². The van der Waals surface area contributed by atoms with Gasteiger partial charge in [0, 0.05) is 17.1 Å². The highest BCUT2D eigenvalue weighted by Gasteiger charge is 2.37. The number of halogens is 2. The fourth-order valence-corrected chi connectivity index (χ4v) is 3.87. The van der Waals surface area contributed by atoms with Crippen LogP contribution < -0.4 is 0 Å². The van der Waals surface area contributed by atoms with Crippen molar-refractivity contribution in [2.45, 2.75) is 30.7 Å². The average Bonchev–Trinajstić information content (AvgIpc) is 3.01. The Morgan fingerprint density at radius 3 is 2.59 bits per heavy atom. The summed E-state index contributed by atoms with van der Waals surface area (Å²) in [6.45, 7) is 2.15. The van der Waals surface area contributed by atoms with Gasteiger partial charge in [-0.3, -0.25) is 0 Å². The molecule has 0 saturated heterocycles. The Morgan fingerprint density at radius 2 is 2.12 bits per heavy atom. The van der Waals surface area contributed by atoms with Gasteiger partial charge in [0.05, 0.1) is 0 Å². The summed E-state index contributed by atoms with van der Waals surface area (Å²) in [5.41, 5.74) is 0. The fraction of sp³-hybridized carbons (Fsp3) is 0.455. The molecule has 1 aliphatic rings. The minimum atomic E-state index is -3.70. The Morgan fingerprint density at radius 1 is 1.47 bits per heavy atom. The lowest BCUT2D eigenvalue weighted by Crippen LogP contribution is -2.33. The molecule has 2 rings (SSSR count). The molecule has 1 saturated carbocycles. The van der Waals surface area contributed by atoms with Crippen LogP contribution in [0.4, 0.5) is 4.39 Å². The predicted octanol–water partition coefficient (Wildman–Crippen LogP) is 2.76. The van der Waals surface area contributed by atoms with Crippen molar-refractivity contribution in [3.8, 4) is 0 Å². The molecule has 1 aromatic carbocycles. The molecular weight excluding hydrogens is 309 g/mol. The first-order chi connectivity index (χ1) is 7.96. The minimum absolute atomic E-state index is 0.0491.